The van der Waals surface area contributed by atoms with Gasteiger partial charge in [0.25, 0.3) is 0 Å². The van der Waals surface area contributed by atoms with Crippen molar-refractivity contribution in [3.8, 4) is 0 Å². The largest absolute Gasteiger partial charge is 0.296 e. The smallest absolute Gasteiger partial charge is 0.234 e. The molecular weight excluding hydrogens is 234 g/mol. The number of rotatable bonds is 2. The second-order valence-corrected chi connectivity index (χ2v) is 6.79. The van der Waals surface area contributed by atoms with E-state index in [0.29, 0.717) is 12.8 Å². The van der Waals surface area contributed by atoms with Gasteiger partial charge in [-0.1, -0.05) is 24.3 Å². The van der Waals surface area contributed by atoms with Crippen LogP contribution >= 0.6 is 10.9 Å². The SMILES string of the molecule is C[SH](C)c1ccc(C2CCC(=O)NC2=O)cc1. The molecule has 1 unspecified atom stereocenters. The molecule has 92 valence electrons. The van der Waals surface area contributed by atoms with E-state index in [4.69, 9.17) is 0 Å². The van der Waals surface area contributed by atoms with E-state index in [1.807, 2.05) is 12.1 Å². The molecule has 0 spiro atoms. The Labute approximate surface area is 104 Å². The molecule has 1 N–H and O–H groups in total. The molecule has 1 saturated heterocycles. The summed E-state index contributed by atoms with van der Waals surface area (Å²) in [7, 11) is -0.0983. The molecule has 3 nitrogen and oxygen atoms in total. The standard InChI is InChI=1S/C13H17NO2S/c1-17(2)10-5-3-9(4-6-10)11-7-8-12(15)14-13(11)16/h3-6,11,17H,7-8H2,1-2H3,(H,14,15,16). The van der Waals surface area contributed by atoms with E-state index in [2.05, 4.69) is 30.0 Å². The highest BCUT2D eigenvalue weighted by Gasteiger charge is 2.27. The first-order valence-corrected chi connectivity index (χ1v) is 7.92. The lowest BCUT2D eigenvalue weighted by Gasteiger charge is -2.21. The van der Waals surface area contributed by atoms with E-state index >= 15 is 0 Å². The molecule has 1 aliphatic heterocycles. The van der Waals surface area contributed by atoms with Gasteiger partial charge in [-0.3, -0.25) is 14.9 Å². The van der Waals surface area contributed by atoms with Crippen molar-refractivity contribution in [1.82, 2.24) is 5.32 Å². The minimum atomic E-state index is -0.165. The Morgan fingerprint density at radius 2 is 1.82 bits per heavy atom. The molecular formula is C13H17NO2S. The number of hydrogen-bond acceptors (Lipinski definition) is 2. The lowest BCUT2D eigenvalue weighted by Crippen LogP contribution is -2.39. The Bertz CT molecular complexity index is 439. The Hall–Kier alpha value is -1.29. The minimum Gasteiger partial charge on any atom is -0.296 e. The van der Waals surface area contributed by atoms with Gasteiger partial charge in [0.15, 0.2) is 0 Å². The van der Waals surface area contributed by atoms with Crippen LogP contribution in [0.25, 0.3) is 0 Å². The predicted octanol–water partition coefficient (Wildman–Crippen LogP) is 1.83. The van der Waals surface area contributed by atoms with Crippen LogP contribution in [0.1, 0.15) is 24.3 Å². The maximum Gasteiger partial charge on any atom is 0.234 e. The van der Waals surface area contributed by atoms with Gasteiger partial charge in [0, 0.05) is 6.42 Å². The maximum atomic E-state index is 11.7. The second-order valence-electron chi connectivity index (χ2n) is 4.49. The highest BCUT2D eigenvalue weighted by atomic mass is 32.2. The van der Waals surface area contributed by atoms with Gasteiger partial charge < -0.3 is 0 Å². The normalized spacial score (nSPS) is 21.1. The number of nitrogens with one attached hydrogen (secondary N) is 1. The third-order valence-corrected chi connectivity index (χ3v) is 4.38. The zero-order valence-electron chi connectivity index (χ0n) is 10.1. The Morgan fingerprint density at radius 1 is 1.18 bits per heavy atom. The van der Waals surface area contributed by atoms with Crippen molar-refractivity contribution in [3.63, 3.8) is 0 Å². The van der Waals surface area contributed by atoms with Crippen molar-refractivity contribution < 1.29 is 9.59 Å². The average Bonchev–Trinajstić information content (AvgIpc) is 2.29. The molecule has 2 rings (SSSR count). The highest BCUT2D eigenvalue weighted by molar-refractivity contribution is 8.15. The summed E-state index contributed by atoms with van der Waals surface area (Å²) in [5.74, 6) is -0.487. The van der Waals surface area contributed by atoms with Gasteiger partial charge in [0.2, 0.25) is 11.8 Å². The van der Waals surface area contributed by atoms with Crippen molar-refractivity contribution in [2.45, 2.75) is 23.7 Å². The number of imide groups is 1. The van der Waals surface area contributed by atoms with Crippen LogP contribution in [0.15, 0.2) is 29.2 Å². The van der Waals surface area contributed by atoms with Crippen molar-refractivity contribution in [2.24, 2.45) is 0 Å². The monoisotopic (exact) mass is 251 g/mol. The van der Waals surface area contributed by atoms with Crippen molar-refractivity contribution >= 4 is 22.7 Å². The van der Waals surface area contributed by atoms with Crippen LogP contribution in [-0.2, 0) is 9.59 Å². The van der Waals surface area contributed by atoms with Gasteiger partial charge >= 0.3 is 0 Å². The zero-order valence-corrected chi connectivity index (χ0v) is 11.0. The quantitative estimate of drug-likeness (QED) is 0.622. The fourth-order valence-corrected chi connectivity index (χ4v) is 2.76. The van der Waals surface area contributed by atoms with Crippen molar-refractivity contribution in [3.05, 3.63) is 29.8 Å². The number of thiol groups is 1. The number of hydrogen-bond donors (Lipinski definition) is 2. The van der Waals surface area contributed by atoms with Gasteiger partial charge in [-0.2, -0.15) is 0 Å². The molecule has 0 saturated carbocycles. The first-order chi connectivity index (χ1) is 8.08. The summed E-state index contributed by atoms with van der Waals surface area (Å²) >= 11 is 0. The Morgan fingerprint density at radius 3 is 2.35 bits per heavy atom. The number of benzene rings is 1. The van der Waals surface area contributed by atoms with Crippen LogP contribution in [0.2, 0.25) is 0 Å². The molecule has 1 aliphatic rings. The van der Waals surface area contributed by atoms with Crippen LogP contribution in [0.3, 0.4) is 0 Å². The molecule has 1 heterocycles. The highest BCUT2D eigenvalue weighted by Crippen LogP contribution is 2.31. The Balaban J connectivity index is 2.17. The predicted molar refractivity (Wildman–Crippen MR) is 70.7 cm³/mol. The van der Waals surface area contributed by atoms with Gasteiger partial charge in [-0.15, -0.1) is 0 Å². The number of piperidine rings is 1. The van der Waals surface area contributed by atoms with Crippen molar-refractivity contribution in [1.29, 1.82) is 0 Å². The topological polar surface area (TPSA) is 46.2 Å². The van der Waals surface area contributed by atoms with Crippen LogP contribution < -0.4 is 5.32 Å². The molecule has 2 amide bonds. The molecule has 17 heavy (non-hydrogen) atoms. The molecule has 4 heteroatoms. The fourth-order valence-electron chi connectivity index (χ4n) is 2.02. The summed E-state index contributed by atoms with van der Waals surface area (Å²) in [6.45, 7) is 0. The molecule has 0 aromatic heterocycles. The molecule has 0 bridgehead atoms. The summed E-state index contributed by atoms with van der Waals surface area (Å²) < 4.78 is 0. The lowest BCUT2D eigenvalue weighted by molar-refractivity contribution is -0.134. The van der Waals surface area contributed by atoms with Crippen LogP contribution in [0.4, 0.5) is 0 Å². The maximum absolute atomic E-state index is 11.7. The fraction of sp³-hybridized carbons (Fsp3) is 0.385. The van der Waals surface area contributed by atoms with Gasteiger partial charge in [-0.05, 0) is 29.4 Å². The molecule has 1 atom stereocenters. The molecule has 0 radical (unpaired) electrons. The molecule has 1 aromatic carbocycles. The first-order valence-electron chi connectivity index (χ1n) is 5.69. The third-order valence-electron chi connectivity index (χ3n) is 3.05. The van der Waals surface area contributed by atoms with Crippen LogP contribution in [-0.4, -0.2) is 24.3 Å². The van der Waals surface area contributed by atoms with E-state index in [1.165, 1.54) is 4.90 Å². The minimum absolute atomic E-state index is 0.0983. The third kappa shape index (κ3) is 2.69. The Kier molecular flexibility index (Phi) is 3.52. The van der Waals surface area contributed by atoms with Crippen LogP contribution in [0.5, 0.6) is 0 Å². The number of carbonyl (C=O) groups excluding carboxylic acids is 2. The number of amides is 2. The van der Waals surface area contributed by atoms with Gasteiger partial charge in [0.05, 0.1) is 5.92 Å². The van der Waals surface area contributed by atoms with E-state index in [1.54, 1.807) is 0 Å². The first kappa shape index (κ1) is 12.2. The summed E-state index contributed by atoms with van der Waals surface area (Å²) in [6.07, 6.45) is 5.47. The molecule has 0 aliphatic carbocycles. The molecule has 1 aromatic rings. The summed E-state index contributed by atoms with van der Waals surface area (Å²) in [5.41, 5.74) is 1.01. The second kappa shape index (κ2) is 4.92. The zero-order chi connectivity index (χ0) is 12.4. The van der Waals surface area contributed by atoms with E-state index in [0.717, 1.165) is 5.56 Å². The summed E-state index contributed by atoms with van der Waals surface area (Å²) in [4.78, 5) is 24.1. The van der Waals surface area contributed by atoms with E-state index in [-0.39, 0.29) is 28.6 Å². The van der Waals surface area contributed by atoms with Gasteiger partial charge in [-0.25, -0.2) is 10.9 Å². The van der Waals surface area contributed by atoms with Crippen molar-refractivity contribution in [2.75, 3.05) is 12.5 Å². The van der Waals surface area contributed by atoms with E-state index < -0.39 is 0 Å². The van der Waals surface area contributed by atoms with Gasteiger partial charge in [0.1, 0.15) is 0 Å². The average molecular weight is 251 g/mol. The lowest BCUT2D eigenvalue weighted by atomic mass is 9.91. The summed E-state index contributed by atoms with van der Waals surface area (Å²) in [5, 5.41) is 2.39. The summed E-state index contributed by atoms with van der Waals surface area (Å²) in [6, 6.07) is 8.20. The van der Waals surface area contributed by atoms with Crippen LogP contribution in [0, 0.1) is 0 Å². The molecule has 1 fully saturated rings. The van der Waals surface area contributed by atoms with E-state index in [9.17, 15) is 9.59 Å². The number of carbonyl (C=O) groups is 2.